The summed E-state index contributed by atoms with van der Waals surface area (Å²) in [5, 5.41) is 39.7. The van der Waals surface area contributed by atoms with Crippen LogP contribution in [0.2, 0.25) is 5.02 Å². The Hall–Kier alpha value is -5.39. The average Bonchev–Trinajstić information content (AvgIpc) is 2.97. The van der Waals surface area contributed by atoms with Crippen LogP contribution < -0.4 is 0 Å². The second-order valence-electron chi connectivity index (χ2n) is 8.38. The molecule has 0 aromatic heterocycles. The summed E-state index contributed by atoms with van der Waals surface area (Å²) in [4.78, 5) is 0. The van der Waals surface area contributed by atoms with Gasteiger partial charge in [0.2, 0.25) is 0 Å². The Bertz CT molecular complexity index is 1840. The number of hydrogen-bond acceptors (Lipinski definition) is 4. The van der Waals surface area contributed by atoms with Gasteiger partial charge in [-0.1, -0.05) is 54.1 Å². The molecule has 0 unspecified atom stereocenters. The van der Waals surface area contributed by atoms with Gasteiger partial charge in [0.05, 0.1) is 51.6 Å². The first-order valence-electron chi connectivity index (χ1n) is 11.3. The molecule has 5 rings (SSSR count). The van der Waals surface area contributed by atoms with Gasteiger partial charge in [0.15, 0.2) is 0 Å². The van der Waals surface area contributed by atoms with Crippen LogP contribution >= 0.6 is 11.6 Å². The number of benzene rings is 5. The lowest BCUT2D eigenvalue weighted by Crippen LogP contribution is -1.96. The van der Waals surface area contributed by atoms with Crippen LogP contribution in [-0.2, 0) is 0 Å². The van der Waals surface area contributed by atoms with E-state index in [-0.39, 0.29) is 0 Å². The van der Waals surface area contributed by atoms with Crippen molar-refractivity contribution in [3.05, 3.63) is 118 Å². The van der Waals surface area contributed by atoms with E-state index in [4.69, 9.17) is 11.6 Å². The van der Waals surface area contributed by atoms with Crippen molar-refractivity contribution < 1.29 is 0 Å². The summed E-state index contributed by atoms with van der Waals surface area (Å²) >= 11 is 7.12. The molecule has 0 atom stereocenters. The summed E-state index contributed by atoms with van der Waals surface area (Å²) in [6, 6.07) is 35.9. The zero-order valence-electron chi connectivity index (χ0n) is 19.3. The van der Waals surface area contributed by atoms with Crippen molar-refractivity contribution in [2.45, 2.75) is 0 Å². The predicted octanol–water partition coefficient (Wildman–Crippen LogP) is 7.98. The van der Waals surface area contributed by atoms with Crippen molar-refractivity contribution in [2.24, 2.45) is 0 Å². The number of halogens is 1. The van der Waals surface area contributed by atoms with E-state index >= 15 is 0 Å². The van der Waals surface area contributed by atoms with Crippen LogP contribution in [0.5, 0.6) is 0 Å². The lowest BCUT2D eigenvalue weighted by atomic mass is 9.83. The van der Waals surface area contributed by atoms with Gasteiger partial charge in [-0.3, -0.25) is 0 Å². The molecular weight excluding hydrogens is 476 g/mol. The predicted molar refractivity (Wildman–Crippen MR) is 144 cm³/mol. The maximum atomic E-state index is 9.65. The van der Waals surface area contributed by atoms with Crippen molar-refractivity contribution in [1.29, 1.82) is 21.0 Å². The van der Waals surface area contributed by atoms with E-state index in [9.17, 15) is 21.0 Å². The highest BCUT2D eigenvalue weighted by Crippen LogP contribution is 2.49. The summed E-state index contributed by atoms with van der Waals surface area (Å²) in [5.74, 6) is 0. The van der Waals surface area contributed by atoms with E-state index in [0.717, 1.165) is 44.2 Å². The zero-order valence-corrected chi connectivity index (χ0v) is 20.1. The molecule has 5 aromatic carbocycles. The summed E-state index contributed by atoms with van der Waals surface area (Å²) in [7, 11) is 0. The van der Waals surface area contributed by atoms with Crippen molar-refractivity contribution in [3.63, 3.8) is 0 Å². The third kappa shape index (κ3) is 4.16. The first kappa shape index (κ1) is 23.4. The minimum Gasteiger partial charge on any atom is -0.192 e. The standard InChI is InChI=1S/C32H15ClN4/c33-32-27-14-7-23(19-37)15-28(27)29(24-8-1-20(16-34)2-9-24)30(25-10-3-21(17-35)4-11-25)31(32)26-12-5-22(18-36)6-13-26/h1-15H. The molecule has 0 aliphatic heterocycles. The summed E-state index contributed by atoms with van der Waals surface area (Å²) in [6.45, 7) is 0. The Balaban J connectivity index is 1.99. The first-order chi connectivity index (χ1) is 18.1. The number of nitrogens with zero attached hydrogens (tertiary/aromatic N) is 4. The van der Waals surface area contributed by atoms with Gasteiger partial charge in [0, 0.05) is 10.9 Å². The van der Waals surface area contributed by atoms with E-state index in [1.807, 2.05) is 48.5 Å². The van der Waals surface area contributed by atoms with Crippen molar-refractivity contribution >= 4 is 22.4 Å². The van der Waals surface area contributed by atoms with Crippen LogP contribution in [0.25, 0.3) is 44.2 Å². The molecule has 0 aliphatic carbocycles. The highest BCUT2D eigenvalue weighted by molar-refractivity contribution is 6.40. The highest BCUT2D eigenvalue weighted by Gasteiger charge is 2.23. The molecule has 5 aromatic rings. The van der Waals surface area contributed by atoms with Gasteiger partial charge in [0.25, 0.3) is 0 Å². The molecule has 5 heteroatoms. The Morgan fingerprint density at radius 3 is 1.22 bits per heavy atom. The lowest BCUT2D eigenvalue weighted by Gasteiger charge is -2.22. The molecule has 0 N–H and O–H groups in total. The lowest BCUT2D eigenvalue weighted by molar-refractivity contribution is 1.47. The SMILES string of the molecule is N#Cc1ccc(-c2c(-c3ccc(C#N)cc3)c(-c3ccc(C#N)cc3)c3cc(C#N)ccc3c2Cl)cc1. The number of fused-ring (bicyclic) bond motifs is 1. The minimum absolute atomic E-state index is 0.496. The molecule has 0 heterocycles. The fraction of sp³-hybridized carbons (Fsp3) is 0. The summed E-state index contributed by atoms with van der Waals surface area (Å²) in [5.41, 5.74) is 7.05. The highest BCUT2D eigenvalue weighted by atomic mass is 35.5. The van der Waals surface area contributed by atoms with Crippen molar-refractivity contribution in [3.8, 4) is 57.7 Å². The van der Waals surface area contributed by atoms with Gasteiger partial charge in [-0.25, -0.2) is 0 Å². The zero-order chi connectivity index (χ0) is 25.9. The molecule has 0 saturated carbocycles. The molecule has 4 nitrogen and oxygen atoms in total. The van der Waals surface area contributed by atoms with Crippen molar-refractivity contribution in [1.82, 2.24) is 0 Å². The largest absolute Gasteiger partial charge is 0.192 e. The monoisotopic (exact) mass is 490 g/mol. The van der Waals surface area contributed by atoms with Crippen molar-refractivity contribution in [2.75, 3.05) is 0 Å². The van der Waals surface area contributed by atoms with Gasteiger partial charge in [-0.15, -0.1) is 0 Å². The molecule has 0 radical (unpaired) electrons. The fourth-order valence-corrected chi connectivity index (χ4v) is 4.88. The fourth-order valence-electron chi connectivity index (χ4n) is 4.51. The Kier molecular flexibility index (Phi) is 6.12. The van der Waals surface area contributed by atoms with Gasteiger partial charge in [-0.2, -0.15) is 21.0 Å². The van der Waals surface area contributed by atoms with Gasteiger partial charge in [-0.05, 0) is 81.7 Å². The average molecular weight is 491 g/mol. The maximum Gasteiger partial charge on any atom is 0.0991 e. The molecule has 0 spiro atoms. The Morgan fingerprint density at radius 2 is 0.784 bits per heavy atom. The normalized spacial score (nSPS) is 10.2. The van der Waals surface area contributed by atoms with Crippen LogP contribution in [0.3, 0.4) is 0 Å². The minimum atomic E-state index is 0.496. The van der Waals surface area contributed by atoms with Gasteiger partial charge in [0.1, 0.15) is 0 Å². The van der Waals surface area contributed by atoms with Crippen LogP contribution in [0.15, 0.2) is 91.0 Å². The Morgan fingerprint density at radius 1 is 0.405 bits per heavy atom. The molecule has 0 saturated heterocycles. The van der Waals surface area contributed by atoms with E-state index in [1.165, 1.54) is 0 Å². The van der Waals surface area contributed by atoms with E-state index in [2.05, 4.69) is 24.3 Å². The van der Waals surface area contributed by atoms with E-state index in [1.54, 1.807) is 42.5 Å². The quantitative estimate of drug-likeness (QED) is 0.256. The van der Waals surface area contributed by atoms with Crippen LogP contribution in [-0.4, -0.2) is 0 Å². The smallest absolute Gasteiger partial charge is 0.0991 e. The molecule has 0 amide bonds. The maximum absolute atomic E-state index is 9.65. The van der Waals surface area contributed by atoms with Crippen LogP contribution in [0.4, 0.5) is 0 Å². The third-order valence-electron chi connectivity index (χ3n) is 6.28. The second-order valence-corrected chi connectivity index (χ2v) is 8.76. The molecular formula is C32H15ClN4. The number of rotatable bonds is 3. The molecule has 37 heavy (non-hydrogen) atoms. The van der Waals surface area contributed by atoms with Crippen LogP contribution in [0.1, 0.15) is 22.3 Å². The topological polar surface area (TPSA) is 95.2 Å². The van der Waals surface area contributed by atoms with Gasteiger partial charge < -0.3 is 0 Å². The van der Waals surface area contributed by atoms with Gasteiger partial charge >= 0.3 is 0 Å². The summed E-state index contributed by atoms with van der Waals surface area (Å²) < 4.78 is 0. The first-order valence-corrected chi connectivity index (χ1v) is 11.7. The summed E-state index contributed by atoms with van der Waals surface area (Å²) in [6.07, 6.45) is 0. The van der Waals surface area contributed by atoms with Crippen LogP contribution in [0, 0.1) is 45.3 Å². The Labute approximate surface area is 219 Å². The molecule has 0 fully saturated rings. The number of nitriles is 4. The third-order valence-corrected chi connectivity index (χ3v) is 6.67. The molecule has 0 aliphatic rings. The number of hydrogen-bond donors (Lipinski definition) is 0. The van der Waals surface area contributed by atoms with E-state index in [0.29, 0.717) is 27.3 Å². The molecule has 170 valence electrons. The van der Waals surface area contributed by atoms with E-state index < -0.39 is 0 Å². The second kappa shape index (κ2) is 9.70. The molecule has 0 bridgehead atoms.